The Balaban J connectivity index is 1.68. The van der Waals surface area contributed by atoms with Crippen molar-refractivity contribution in [3.05, 3.63) is 87.4 Å². The van der Waals surface area contributed by atoms with Gasteiger partial charge in [-0.25, -0.2) is 10.2 Å². The van der Waals surface area contributed by atoms with Gasteiger partial charge in [-0.05, 0) is 66.2 Å². The number of ether oxygens (including phenoxy) is 2. The highest BCUT2D eigenvalue weighted by molar-refractivity contribution is 6.42. The molecule has 0 spiro atoms. The minimum Gasteiger partial charge on any atom is -0.508 e. The van der Waals surface area contributed by atoms with E-state index in [1.54, 1.807) is 12.1 Å². The van der Waals surface area contributed by atoms with E-state index in [1.807, 2.05) is 0 Å². The molecule has 7 nitrogen and oxygen atoms in total. The number of halogens is 2. The first-order valence-corrected chi connectivity index (χ1v) is 9.60. The van der Waals surface area contributed by atoms with Gasteiger partial charge in [-0.1, -0.05) is 23.2 Å². The van der Waals surface area contributed by atoms with Gasteiger partial charge in [0, 0.05) is 5.56 Å². The summed E-state index contributed by atoms with van der Waals surface area (Å²) < 4.78 is 10.7. The number of carbonyl (C=O) groups is 2. The molecule has 0 atom stereocenters. The van der Waals surface area contributed by atoms with Crippen LogP contribution in [0.5, 0.6) is 17.2 Å². The Morgan fingerprint density at radius 2 is 1.65 bits per heavy atom. The van der Waals surface area contributed by atoms with Crippen molar-refractivity contribution in [1.29, 1.82) is 0 Å². The third kappa shape index (κ3) is 5.75. The van der Waals surface area contributed by atoms with E-state index in [1.165, 1.54) is 61.9 Å². The quantitative estimate of drug-likeness (QED) is 0.241. The standard InChI is InChI=1S/C22H16Cl2N2O5/c1-30-20-10-13(12-25-26-21(28)14-3-6-16(27)7-4-14)2-9-19(20)31-22(29)15-5-8-17(23)18(24)11-15/h2-12,27H,1H3,(H,26,28)/b25-12-. The molecular weight excluding hydrogens is 443 g/mol. The van der Waals surface area contributed by atoms with Crippen molar-refractivity contribution >= 4 is 41.3 Å². The summed E-state index contributed by atoms with van der Waals surface area (Å²) in [5, 5.41) is 13.7. The Labute approximate surface area is 187 Å². The first kappa shape index (κ1) is 22.1. The van der Waals surface area contributed by atoms with Gasteiger partial charge < -0.3 is 14.6 Å². The van der Waals surface area contributed by atoms with Crippen LogP contribution >= 0.6 is 23.2 Å². The van der Waals surface area contributed by atoms with E-state index >= 15 is 0 Å². The number of rotatable bonds is 6. The molecule has 0 aliphatic heterocycles. The normalized spacial score (nSPS) is 10.7. The van der Waals surface area contributed by atoms with Crippen molar-refractivity contribution in [2.24, 2.45) is 5.10 Å². The Kier molecular flexibility index (Phi) is 7.12. The number of methoxy groups -OCH3 is 1. The van der Waals surface area contributed by atoms with Gasteiger partial charge in [-0.2, -0.15) is 5.10 Å². The monoisotopic (exact) mass is 458 g/mol. The average Bonchev–Trinajstić information content (AvgIpc) is 2.76. The van der Waals surface area contributed by atoms with Crippen LogP contribution in [0, 0.1) is 0 Å². The predicted octanol–water partition coefficient (Wildman–Crippen LogP) is 4.69. The smallest absolute Gasteiger partial charge is 0.343 e. The number of nitrogens with one attached hydrogen (secondary N) is 1. The molecule has 0 aliphatic carbocycles. The molecule has 0 unspecified atom stereocenters. The van der Waals surface area contributed by atoms with Crippen molar-refractivity contribution in [3.8, 4) is 17.2 Å². The molecule has 0 aliphatic rings. The molecule has 3 rings (SSSR count). The third-order valence-corrected chi connectivity index (χ3v) is 4.79. The highest BCUT2D eigenvalue weighted by Crippen LogP contribution is 2.29. The lowest BCUT2D eigenvalue weighted by Crippen LogP contribution is -2.17. The number of esters is 1. The summed E-state index contributed by atoms with van der Waals surface area (Å²) in [6.07, 6.45) is 1.41. The van der Waals surface area contributed by atoms with E-state index in [2.05, 4.69) is 10.5 Å². The molecule has 2 N–H and O–H groups in total. The number of benzene rings is 3. The number of hydrazone groups is 1. The third-order valence-electron chi connectivity index (χ3n) is 4.05. The van der Waals surface area contributed by atoms with Crippen LogP contribution in [0.15, 0.2) is 65.8 Å². The van der Waals surface area contributed by atoms with Gasteiger partial charge in [0.2, 0.25) is 0 Å². The van der Waals surface area contributed by atoms with Gasteiger partial charge >= 0.3 is 5.97 Å². The zero-order chi connectivity index (χ0) is 22.4. The van der Waals surface area contributed by atoms with Crippen molar-refractivity contribution in [2.75, 3.05) is 7.11 Å². The van der Waals surface area contributed by atoms with E-state index in [0.29, 0.717) is 21.9 Å². The maximum atomic E-state index is 12.4. The lowest BCUT2D eigenvalue weighted by molar-refractivity contribution is 0.0729. The predicted molar refractivity (Wildman–Crippen MR) is 118 cm³/mol. The van der Waals surface area contributed by atoms with Gasteiger partial charge in [0.1, 0.15) is 5.75 Å². The lowest BCUT2D eigenvalue weighted by Gasteiger charge is -2.10. The highest BCUT2D eigenvalue weighted by atomic mass is 35.5. The van der Waals surface area contributed by atoms with Crippen molar-refractivity contribution in [2.45, 2.75) is 0 Å². The minimum atomic E-state index is -0.626. The number of hydrogen-bond acceptors (Lipinski definition) is 6. The second-order valence-corrected chi connectivity index (χ2v) is 6.99. The summed E-state index contributed by atoms with van der Waals surface area (Å²) in [6.45, 7) is 0. The van der Waals surface area contributed by atoms with Crippen LogP contribution in [0.4, 0.5) is 0 Å². The van der Waals surface area contributed by atoms with E-state index < -0.39 is 11.9 Å². The van der Waals surface area contributed by atoms with E-state index in [0.717, 1.165) is 0 Å². The van der Waals surface area contributed by atoms with Gasteiger partial charge in [-0.3, -0.25) is 4.79 Å². The van der Waals surface area contributed by atoms with E-state index in [4.69, 9.17) is 32.7 Å². The molecule has 3 aromatic carbocycles. The number of amides is 1. The molecule has 0 radical (unpaired) electrons. The number of hydrogen-bond donors (Lipinski definition) is 2. The zero-order valence-electron chi connectivity index (χ0n) is 16.1. The maximum absolute atomic E-state index is 12.4. The van der Waals surface area contributed by atoms with E-state index in [9.17, 15) is 14.7 Å². The topological polar surface area (TPSA) is 97.2 Å². The molecule has 0 aromatic heterocycles. The average molecular weight is 459 g/mol. The van der Waals surface area contributed by atoms with Crippen LogP contribution in [-0.2, 0) is 0 Å². The SMILES string of the molecule is COc1cc(/C=N\NC(=O)c2ccc(O)cc2)ccc1OC(=O)c1ccc(Cl)c(Cl)c1. The molecular formula is C22H16Cl2N2O5. The molecule has 0 saturated heterocycles. The Morgan fingerprint density at radius 3 is 2.32 bits per heavy atom. The number of carbonyl (C=O) groups excluding carboxylic acids is 2. The lowest BCUT2D eigenvalue weighted by atomic mass is 10.2. The second kappa shape index (κ2) is 9.97. The summed E-state index contributed by atoms with van der Waals surface area (Å²) in [4.78, 5) is 24.4. The van der Waals surface area contributed by atoms with Gasteiger partial charge in [-0.15, -0.1) is 0 Å². The van der Waals surface area contributed by atoms with Crippen LogP contribution in [0.2, 0.25) is 10.0 Å². The second-order valence-electron chi connectivity index (χ2n) is 6.17. The largest absolute Gasteiger partial charge is 0.508 e. The summed E-state index contributed by atoms with van der Waals surface area (Å²) >= 11 is 11.8. The molecule has 0 bridgehead atoms. The summed E-state index contributed by atoms with van der Waals surface area (Å²) in [6, 6.07) is 14.9. The first-order chi connectivity index (χ1) is 14.9. The van der Waals surface area contributed by atoms with Crippen LogP contribution < -0.4 is 14.9 Å². The maximum Gasteiger partial charge on any atom is 0.343 e. The minimum absolute atomic E-state index is 0.0621. The van der Waals surface area contributed by atoms with Crippen LogP contribution in [0.1, 0.15) is 26.3 Å². The Morgan fingerprint density at radius 1 is 0.935 bits per heavy atom. The highest BCUT2D eigenvalue weighted by Gasteiger charge is 2.14. The van der Waals surface area contributed by atoms with Crippen molar-refractivity contribution < 1.29 is 24.2 Å². The van der Waals surface area contributed by atoms with Crippen LogP contribution in [0.25, 0.3) is 0 Å². The van der Waals surface area contributed by atoms with Crippen LogP contribution in [-0.4, -0.2) is 30.3 Å². The molecule has 1 amide bonds. The number of phenols is 1. The Bertz CT molecular complexity index is 1150. The molecule has 9 heteroatoms. The number of nitrogens with zero attached hydrogens (tertiary/aromatic N) is 1. The fraction of sp³-hybridized carbons (Fsp3) is 0.0455. The van der Waals surface area contributed by atoms with Gasteiger partial charge in [0.15, 0.2) is 11.5 Å². The van der Waals surface area contributed by atoms with Crippen LogP contribution in [0.3, 0.4) is 0 Å². The molecule has 3 aromatic rings. The first-order valence-electron chi connectivity index (χ1n) is 8.85. The summed E-state index contributed by atoms with van der Waals surface area (Å²) in [7, 11) is 1.43. The fourth-order valence-corrected chi connectivity index (χ4v) is 2.77. The van der Waals surface area contributed by atoms with Gasteiger partial charge in [0.05, 0.1) is 28.9 Å². The van der Waals surface area contributed by atoms with Gasteiger partial charge in [0.25, 0.3) is 5.91 Å². The molecule has 0 fully saturated rings. The Hall–Kier alpha value is -3.55. The molecule has 158 valence electrons. The number of aromatic hydroxyl groups is 1. The van der Waals surface area contributed by atoms with Crippen molar-refractivity contribution in [3.63, 3.8) is 0 Å². The zero-order valence-corrected chi connectivity index (χ0v) is 17.6. The summed E-state index contributed by atoms with van der Waals surface area (Å²) in [5.74, 6) is -0.506. The number of phenolic OH excluding ortho intramolecular Hbond substituents is 1. The molecule has 0 saturated carbocycles. The molecule has 0 heterocycles. The van der Waals surface area contributed by atoms with Crippen molar-refractivity contribution in [1.82, 2.24) is 5.43 Å². The molecule has 31 heavy (non-hydrogen) atoms. The fourth-order valence-electron chi connectivity index (χ4n) is 2.47. The van der Waals surface area contributed by atoms with E-state index in [-0.39, 0.29) is 22.1 Å². The summed E-state index contributed by atoms with van der Waals surface area (Å²) in [5.41, 5.74) is 3.56.